The zero-order valence-corrected chi connectivity index (χ0v) is 12.0. The number of aryl methyl sites for hydroxylation is 2. The maximum absolute atomic E-state index is 12.0. The van der Waals surface area contributed by atoms with Gasteiger partial charge in [0.05, 0.1) is 17.1 Å². The molecule has 0 spiro atoms. The third kappa shape index (κ3) is 4.10. The number of anilines is 1. The summed E-state index contributed by atoms with van der Waals surface area (Å²) >= 11 is 0. The lowest BCUT2D eigenvalue weighted by molar-refractivity contribution is 0.404. The Hall–Kier alpha value is -1.28. The minimum Gasteiger partial charge on any atom is -0.316 e. The molecule has 2 rings (SSSR count). The molecular weight excluding hydrogens is 266 g/mol. The van der Waals surface area contributed by atoms with Crippen molar-refractivity contribution in [3.05, 3.63) is 11.4 Å². The fourth-order valence-electron chi connectivity index (χ4n) is 2.06. The lowest BCUT2D eigenvalue weighted by Gasteiger charge is -2.22. The maximum Gasteiger partial charge on any atom is 0.256 e. The summed E-state index contributed by atoms with van der Waals surface area (Å²) in [5.41, 5.74) is 1.37. The van der Waals surface area contributed by atoms with Gasteiger partial charge in [-0.3, -0.25) is 0 Å². The molecule has 0 aliphatic carbocycles. The first kappa shape index (κ1) is 14.1. The Labute approximate surface area is 113 Å². The Balaban J connectivity index is 2.01. The minimum absolute atomic E-state index is 0.0480. The van der Waals surface area contributed by atoms with Crippen LogP contribution in [0.4, 0.5) is 5.95 Å². The van der Waals surface area contributed by atoms with Crippen LogP contribution in [0.15, 0.2) is 0 Å². The normalized spacial score (nSPS) is 20.2. The van der Waals surface area contributed by atoms with E-state index in [9.17, 15) is 8.42 Å². The summed E-state index contributed by atoms with van der Waals surface area (Å²) in [6.07, 6.45) is 1.95. The first-order valence-electron chi connectivity index (χ1n) is 6.35. The van der Waals surface area contributed by atoms with Gasteiger partial charge in [-0.05, 0) is 45.7 Å². The van der Waals surface area contributed by atoms with Crippen LogP contribution in [0.25, 0.3) is 0 Å². The van der Waals surface area contributed by atoms with Crippen molar-refractivity contribution < 1.29 is 8.42 Å². The highest BCUT2D eigenvalue weighted by molar-refractivity contribution is 7.92. The topological polar surface area (TPSA) is 96.9 Å². The predicted octanol–water partition coefficient (Wildman–Crippen LogP) is 0.230. The van der Waals surface area contributed by atoms with Crippen LogP contribution in [0.5, 0.6) is 0 Å². The zero-order valence-electron chi connectivity index (χ0n) is 11.2. The third-order valence-electron chi connectivity index (χ3n) is 3.19. The van der Waals surface area contributed by atoms with E-state index in [1.165, 1.54) is 0 Å². The van der Waals surface area contributed by atoms with E-state index in [4.69, 9.17) is 0 Å². The van der Waals surface area contributed by atoms with Crippen molar-refractivity contribution in [1.82, 2.24) is 20.5 Å². The number of nitrogens with one attached hydrogen (secondary N) is 2. The molecule has 1 atom stereocenters. The molecule has 1 aromatic rings. The van der Waals surface area contributed by atoms with Crippen LogP contribution < -0.4 is 10.0 Å². The highest BCUT2D eigenvalue weighted by atomic mass is 32.2. The first-order valence-corrected chi connectivity index (χ1v) is 8.00. The van der Waals surface area contributed by atoms with E-state index in [0.717, 1.165) is 25.9 Å². The summed E-state index contributed by atoms with van der Waals surface area (Å²) < 4.78 is 26.4. The van der Waals surface area contributed by atoms with Crippen LogP contribution in [0.3, 0.4) is 0 Å². The molecule has 1 aliphatic rings. The Morgan fingerprint density at radius 3 is 2.74 bits per heavy atom. The molecule has 0 amide bonds. The van der Waals surface area contributed by atoms with Gasteiger partial charge in [0.2, 0.25) is 10.0 Å². The molecule has 1 aromatic heterocycles. The Morgan fingerprint density at radius 1 is 1.32 bits per heavy atom. The van der Waals surface area contributed by atoms with Crippen molar-refractivity contribution in [2.75, 3.05) is 23.6 Å². The lowest BCUT2D eigenvalue weighted by atomic mass is 10.0. The van der Waals surface area contributed by atoms with Crippen molar-refractivity contribution in [2.45, 2.75) is 26.7 Å². The SMILES string of the molecule is Cc1nnc(NS(=O)(=O)CC2CCCNC2)nc1C. The van der Waals surface area contributed by atoms with Crippen molar-refractivity contribution in [1.29, 1.82) is 0 Å². The van der Waals surface area contributed by atoms with E-state index in [1.54, 1.807) is 13.8 Å². The maximum atomic E-state index is 12.0. The Morgan fingerprint density at radius 2 is 2.11 bits per heavy atom. The molecule has 0 bridgehead atoms. The second-order valence-corrected chi connectivity index (χ2v) is 6.67. The van der Waals surface area contributed by atoms with Crippen LogP contribution in [-0.2, 0) is 10.0 Å². The summed E-state index contributed by atoms with van der Waals surface area (Å²) in [6.45, 7) is 5.26. The largest absolute Gasteiger partial charge is 0.316 e. The van der Waals surface area contributed by atoms with Gasteiger partial charge in [-0.15, -0.1) is 5.10 Å². The molecule has 8 heteroatoms. The fourth-order valence-corrected chi connectivity index (χ4v) is 3.41. The number of aromatic nitrogens is 3. The van der Waals surface area contributed by atoms with Crippen molar-refractivity contribution in [2.24, 2.45) is 5.92 Å². The van der Waals surface area contributed by atoms with Gasteiger partial charge in [0.25, 0.3) is 5.95 Å². The highest BCUT2D eigenvalue weighted by Gasteiger charge is 2.22. The quantitative estimate of drug-likeness (QED) is 0.822. The summed E-state index contributed by atoms with van der Waals surface area (Å²) in [4.78, 5) is 4.07. The second kappa shape index (κ2) is 5.79. The van der Waals surface area contributed by atoms with E-state index in [1.807, 2.05) is 0 Å². The summed E-state index contributed by atoms with van der Waals surface area (Å²) in [7, 11) is -3.42. The van der Waals surface area contributed by atoms with Crippen molar-refractivity contribution in [3.63, 3.8) is 0 Å². The first-order chi connectivity index (χ1) is 8.96. The molecular formula is C11H19N5O2S. The molecule has 0 saturated carbocycles. The lowest BCUT2D eigenvalue weighted by Crippen LogP contribution is -2.35. The number of hydrogen-bond donors (Lipinski definition) is 2. The second-order valence-electron chi connectivity index (χ2n) is 4.90. The van der Waals surface area contributed by atoms with Gasteiger partial charge in [0, 0.05) is 0 Å². The van der Waals surface area contributed by atoms with Gasteiger partial charge in [-0.1, -0.05) is 0 Å². The average molecular weight is 285 g/mol. The molecule has 2 N–H and O–H groups in total. The van der Waals surface area contributed by atoms with E-state index < -0.39 is 10.0 Å². The molecule has 0 radical (unpaired) electrons. The van der Waals surface area contributed by atoms with E-state index >= 15 is 0 Å². The van der Waals surface area contributed by atoms with Crippen LogP contribution in [0.1, 0.15) is 24.2 Å². The summed E-state index contributed by atoms with van der Waals surface area (Å²) in [5.74, 6) is 0.286. The van der Waals surface area contributed by atoms with Crippen molar-refractivity contribution >= 4 is 16.0 Å². The number of rotatable bonds is 4. The molecule has 1 fully saturated rings. The van der Waals surface area contributed by atoms with Crippen molar-refractivity contribution in [3.8, 4) is 0 Å². The molecule has 0 aromatic carbocycles. The smallest absolute Gasteiger partial charge is 0.256 e. The number of sulfonamides is 1. The predicted molar refractivity (Wildman–Crippen MR) is 72.3 cm³/mol. The summed E-state index contributed by atoms with van der Waals surface area (Å²) in [5, 5.41) is 10.8. The van der Waals surface area contributed by atoms with Crippen LogP contribution in [-0.4, -0.2) is 42.4 Å². The van der Waals surface area contributed by atoms with Gasteiger partial charge >= 0.3 is 0 Å². The van der Waals surface area contributed by atoms with E-state index in [2.05, 4.69) is 25.2 Å². The molecule has 1 unspecified atom stereocenters. The number of nitrogens with zero attached hydrogens (tertiary/aromatic N) is 3. The minimum atomic E-state index is -3.42. The zero-order chi connectivity index (χ0) is 13.9. The Bertz CT molecular complexity index is 540. The average Bonchev–Trinajstić information content (AvgIpc) is 2.34. The third-order valence-corrected chi connectivity index (χ3v) is 4.60. The Kier molecular flexibility index (Phi) is 4.31. The number of piperidine rings is 1. The number of hydrogen-bond acceptors (Lipinski definition) is 6. The molecule has 19 heavy (non-hydrogen) atoms. The molecule has 2 heterocycles. The van der Waals surface area contributed by atoms with Gasteiger partial charge in [0.1, 0.15) is 0 Å². The van der Waals surface area contributed by atoms with Gasteiger partial charge in [0.15, 0.2) is 0 Å². The standard InChI is InChI=1S/C11H19N5O2S/c1-8-9(2)14-15-11(13-8)16-19(17,18)7-10-4-3-5-12-6-10/h10,12H,3-7H2,1-2H3,(H,13,15,16). The highest BCUT2D eigenvalue weighted by Crippen LogP contribution is 2.13. The monoisotopic (exact) mass is 285 g/mol. The van der Waals surface area contributed by atoms with E-state index in [0.29, 0.717) is 11.4 Å². The van der Waals surface area contributed by atoms with Gasteiger partial charge < -0.3 is 5.32 Å². The van der Waals surface area contributed by atoms with Crippen LogP contribution in [0.2, 0.25) is 0 Å². The molecule has 1 saturated heterocycles. The van der Waals surface area contributed by atoms with Gasteiger partial charge in [-0.25, -0.2) is 18.1 Å². The van der Waals surface area contributed by atoms with Crippen LogP contribution >= 0.6 is 0 Å². The molecule has 106 valence electrons. The molecule has 7 nitrogen and oxygen atoms in total. The van der Waals surface area contributed by atoms with Gasteiger partial charge in [-0.2, -0.15) is 5.10 Å². The van der Waals surface area contributed by atoms with E-state index in [-0.39, 0.29) is 17.6 Å². The van der Waals surface area contributed by atoms with Crippen LogP contribution in [0, 0.1) is 19.8 Å². The fraction of sp³-hybridized carbons (Fsp3) is 0.727. The molecule has 1 aliphatic heterocycles. The summed E-state index contributed by atoms with van der Waals surface area (Å²) in [6, 6.07) is 0.